The number of hydrogen-bond donors (Lipinski definition) is 1. The first-order chi connectivity index (χ1) is 25.6. The van der Waals surface area contributed by atoms with Crippen LogP contribution in [0, 0.1) is 0 Å². The van der Waals surface area contributed by atoms with Crippen molar-refractivity contribution >= 4 is 13.8 Å². The average molecular weight is 775 g/mol. The van der Waals surface area contributed by atoms with Gasteiger partial charge in [-0.2, -0.15) is 0 Å². The van der Waals surface area contributed by atoms with Crippen LogP contribution in [0.2, 0.25) is 0 Å². The molecule has 0 bridgehead atoms. The Morgan fingerprint density at radius 3 is 1.40 bits per heavy atom. The van der Waals surface area contributed by atoms with Gasteiger partial charge in [-0.25, -0.2) is 4.57 Å². The molecule has 0 aliphatic rings. The van der Waals surface area contributed by atoms with Crippen LogP contribution >= 0.6 is 7.82 Å². The summed E-state index contributed by atoms with van der Waals surface area (Å²) in [6, 6.07) is 0. The second-order valence-corrected chi connectivity index (χ2v) is 18.0. The van der Waals surface area contributed by atoms with Crippen molar-refractivity contribution in [2.24, 2.45) is 0 Å². The molecule has 316 valence electrons. The molecule has 9 heteroatoms. The molecule has 0 heterocycles. The van der Waals surface area contributed by atoms with Crippen LogP contribution < -0.4 is 0 Å². The van der Waals surface area contributed by atoms with Crippen LogP contribution in [0.1, 0.15) is 213 Å². The van der Waals surface area contributed by atoms with Gasteiger partial charge >= 0.3 is 13.8 Å². The van der Waals surface area contributed by atoms with Crippen molar-refractivity contribution in [3.05, 3.63) is 12.3 Å². The molecule has 2 atom stereocenters. The molecule has 0 rings (SSSR count). The van der Waals surface area contributed by atoms with Crippen LogP contribution in [-0.2, 0) is 27.9 Å². The van der Waals surface area contributed by atoms with Crippen LogP contribution in [0.4, 0.5) is 0 Å². The first-order valence-electron chi connectivity index (χ1n) is 22.5. The molecule has 0 aromatic carbocycles. The predicted octanol–water partition coefficient (Wildman–Crippen LogP) is 13.4. The smallest absolute Gasteiger partial charge is 0.472 e. The largest absolute Gasteiger partial charge is 0.498 e. The summed E-state index contributed by atoms with van der Waals surface area (Å²) < 4.78 is 34.8. The zero-order valence-electron chi connectivity index (χ0n) is 35.8. The molecule has 53 heavy (non-hydrogen) atoms. The second kappa shape index (κ2) is 38.0. The molecule has 0 spiro atoms. The van der Waals surface area contributed by atoms with Crippen molar-refractivity contribution in [1.29, 1.82) is 0 Å². The lowest BCUT2D eigenvalue weighted by atomic mass is 10.0. The minimum absolute atomic E-state index is 0.0542. The summed E-state index contributed by atoms with van der Waals surface area (Å²) in [5.74, 6) is -0.331. The van der Waals surface area contributed by atoms with Crippen LogP contribution in [0.25, 0.3) is 0 Å². The highest BCUT2D eigenvalue weighted by atomic mass is 31.2. The number of ether oxygens (including phenoxy) is 2. The van der Waals surface area contributed by atoms with Crippen LogP contribution in [0.5, 0.6) is 0 Å². The molecule has 1 unspecified atom stereocenters. The monoisotopic (exact) mass is 775 g/mol. The van der Waals surface area contributed by atoms with Crippen molar-refractivity contribution in [3.63, 3.8) is 0 Å². The summed E-state index contributed by atoms with van der Waals surface area (Å²) >= 11 is 0. The topological polar surface area (TPSA) is 91.3 Å². The summed E-state index contributed by atoms with van der Waals surface area (Å²) in [6.07, 6.45) is 41.9. The van der Waals surface area contributed by atoms with E-state index in [-0.39, 0.29) is 25.8 Å². The zero-order valence-corrected chi connectivity index (χ0v) is 36.7. The summed E-state index contributed by atoms with van der Waals surface area (Å²) in [4.78, 5) is 22.9. The fraction of sp³-hybridized carbons (Fsp3) is 0.932. The minimum atomic E-state index is -4.28. The minimum Gasteiger partial charge on any atom is -0.498 e. The third kappa shape index (κ3) is 42.1. The third-order valence-corrected chi connectivity index (χ3v) is 10.9. The van der Waals surface area contributed by atoms with Gasteiger partial charge in [-0.15, -0.1) is 0 Å². The number of quaternary nitrogens is 1. The molecule has 0 amide bonds. The van der Waals surface area contributed by atoms with Crippen molar-refractivity contribution in [2.45, 2.75) is 219 Å². The Morgan fingerprint density at radius 2 is 0.981 bits per heavy atom. The van der Waals surface area contributed by atoms with Gasteiger partial charge in [0.1, 0.15) is 19.8 Å². The molecule has 0 fully saturated rings. The number of hydrogen-bond acceptors (Lipinski definition) is 6. The van der Waals surface area contributed by atoms with E-state index in [9.17, 15) is 14.3 Å². The Bertz CT molecular complexity index is 863. The number of phosphoric ester groups is 1. The molecule has 1 N–H and O–H groups in total. The molecule has 0 saturated heterocycles. The third-order valence-electron chi connectivity index (χ3n) is 9.92. The molecule has 0 aromatic rings. The van der Waals surface area contributed by atoms with Gasteiger partial charge in [0.15, 0.2) is 6.10 Å². The lowest BCUT2D eigenvalue weighted by Crippen LogP contribution is -2.37. The van der Waals surface area contributed by atoms with Crippen molar-refractivity contribution in [3.8, 4) is 0 Å². The Hall–Kier alpha value is -0.920. The molecule has 0 saturated carbocycles. The van der Waals surface area contributed by atoms with E-state index in [1.807, 2.05) is 27.2 Å². The normalized spacial score (nSPS) is 13.8. The van der Waals surface area contributed by atoms with E-state index in [0.29, 0.717) is 17.4 Å². The molecule has 8 nitrogen and oxygen atoms in total. The van der Waals surface area contributed by atoms with E-state index in [4.69, 9.17) is 18.5 Å². The SMILES string of the molecule is CCCCCCCCCCCCCC/C=C\OC[C@H](COP(=O)(O)OCC[N+](C)(C)C)OC(=O)CCCCCCCCCCCCCCCCCCC. The van der Waals surface area contributed by atoms with E-state index < -0.39 is 13.9 Å². The second-order valence-electron chi connectivity index (χ2n) is 16.5. The van der Waals surface area contributed by atoms with Gasteiger partial charge in [0.25, 0.3) is 0 Å². The maximum atomic E-state index is 12.7. The average Bonchev–Trinajstić information content (AvgIpc) is 3.11. The number of phosphoric acid groups is 1. The van der Waals surface area contributed by atoms with Gasteiger partial charge in [0.05, 0.1) is 34.0 Å². The summed E-state index contributed by atoms with van der Waals surface area (Å²) in [6.45, 7) is 4.96. The Balaban J connectivity index is 4.23. The number of nitrogens with zero attached hydrogens (tertiary/aromatic N) is 1. The molecular formula is C44H89NO7P+. The van der Waals surface area contributed by atoms with Crippen LogP contribution in [-0.4, -0.2) is 69.0 Å². The predicted molar refractivity (Wildman–Crippen MR) is 224 cm³/mol. The molecule has 0 aliphatic carbocycles. The number of rotatable bonds is 42. The van der Waals surface area contributed by atoms with Gasteiger partial charge in [0.2, 0.25) is 0 Å². The highest BCUT2D eigenvalue weighted by Gasteiger charge is 2.26. The highest BCUT2D eigenvalue weighted by Crippen LogP contribution is 2.43. The summed E-state index contributed by atoms with van der Waals surface area (Å²) in [7, 11) is 1.65. The van der Waals surface area contributed by atoms with Crippen molar-refractivity contribution in [2.75, 3.05) is 47.5 Å². The van der Waals surface area contributed by atoms with Crippen LogP contribution in [0.15, 0.2) is 12.3 Å². The number of esters is 1. The van der Waals surface area contributed by atoms with Gasteiger partial charge in [0, 0.05) is 6.42 Å². The first-order valence-corrected chi connectivity index (χ1v) is 24.0. The van der Waals surface area contributed by atoms with Gasteiger partial charge < -0.3 is 18.9 Å². The Morgan fingerprint density at radius 1 is 0.585 bits per heavy atom. The molecule has 0 aromatic heterocycles. The van der Waals surface area contributed by atoms with E-state index >= 15 is 0 Å². The fourth-order valence-corrected chi connectivity index (χ4v) is 7.14. The van der Waals surface area contributed by atoms with E-state index in [2.05, 4.69) is 13.8 Å². The van der Waals surface area contributed by atoms with Gasteiger partial charge in [-0.3, -0.25) is 13.8 Å². The molecule has 0 radical (unpaired) electrons. The maximum absolute atomic E-state index is 12.7. The first kappa shape index (κ1) is 52.1. The quantitative estimate of drug-likeness (QED) is 0.0217. The maximum Gasteiger partial charge on any atom is 0.472 e. The highest BCUT2D eigenvalue weighted by molar-refractivity contribution is 7.47. The van der Waals surface area contributed by atoms with E-state index in [0.717, 1.165) is 32.1 Å². The standard InChI is InChI=1S/C44H88NO7P/c1-6-8-10-12-14-16-18-20-22-23-24-25-27-29-31-33-35-37-44(46)52-43(42-51-53(47,48)50-40-38-45(3,4)5)41-49-39-36-34-32-30-28-26-21-19-17-15-13-11-9-7-2/h36,39,43H,6-35,37-38,40-42H2,1-5H3/p+1/b39-36-/t43-/m1/s1. The summed E-state index contributed by atoms with van der Waals surface area (Å²) in [5.41, 5.74) is 0. The molecular weight excluding hydrogens is 685 g/mol. The summed E-state index contributed by atoms with van der Waals surface area (Å²) in [5, 5.41) is 0. The van der Waals surface area contributed by atoms with Crippen LogP contribution in [0.3, 0.4) is 0 Å². The Kier molecular flexibility index (Phi) is 37.3. The fourth-order valence-electron chi connectivity index (χ4n) is 6.40. The number of unbranched alkanes of at least 4 members (excludes halogenated alkanes) is 28. The van der Waals surface area contributed by atoms with E-state index in [1.165, 1.54) is 161 Å². The zero-order chi connectivity index (χ0) is 39.1. The molecule has 0 aliphatic heterocycles. The lowest BCUT2D eigenvalue weighted by molar-refractivity contribution is -0.870. The van der Waals surface area contributed by atoms with Gasteiger partial charge in [-0.05, 0) is 25.3 Å². The number of allylic oxidation sites excluding steroid dienone is 1. The lowest BCUT2D eigenvalue weighted by Gasteiger charge is -2.24. The number of likely N-dealkylation sites (N-methyl/N-ethyl adjacent to an activating group) is 1. The van der Waals surface area contributed by atoms with Crippen molar-refractivity contribution in [1.82, 2.24) is 0 Å². The van der Waals surface area contributed by atoms with E-state index in [1.54, 1.807) is 6.26 Å². The Labute approximate surface area is 329 Å². The number of carbonyl (C=O) groups is 1. The number of carbonyl (C=O) groups excluding carboxylic acids is 1. The van der Waals surface area contributed by atoms with Crippen molar-refractivity contribution < 1.29 is 37.3 Å². The van der Waals surface area contributed by atoms with Gasteiger partial charge in [-0.1, -0.05) is 187 Å².